The lowest BCUT2D eigenvalue weighted by Gasteiger charge is -2.24. The Morgan fingerprint density at radius 1 is 1.53 bits per heavy atom. The van der Waals surface area contributed by atoms with Gasteiger partial charge in [0.2, 0.25) is 5.91 Å². The first-order valence-corrected chi connectivity index (χ1v) is 6.12. The lowest BCUT2D eigenvalue weighted by Crippen LogP contribution is -2.55. The smallest absolute Gasteiger partial charge is 0.331 e. The summed E-state index contributed by atoms with van der Waals surface area (Å²) in [6.07, 6.45) is 2.73. The fraction of sp³-hybridized carbons (Fsp3) is 0.833. The lowest BCUT2D eigenvalue weighted by molar-refractivity contribution is -0.147. The fourth-order valence-electron chi connectivity index (χ4n) is 2.11. The molecule has 1 fully saturated rings. The van der Waals surface area contributed by atoms with E-state index in [1.165, 1.54) is 0 Å². The van der Waals surface area contributed by atoms with E-state index in [1.54, 1.807) is 0 Å². The Morgan fingerprint density at radius 3 is 2.71 bits per heavy atom. The second-order valence-corrected chi connectivity index (χ2v) is 4.84. The van der Waals surface area contributed by atoms with Crippen LogP contribution < -0.4 is 5.32 Å². The van der Waals surface area contributed by atoms with E-state index in [-0.39, 0.29) is 18.4 Å². The number of amides is 1. The average Bonchev–Trinajstić information content (AvgIpc) is 2.67. The predicted octanol–water partition coefficient (Wildman–Crippen LogP) is 1.17. The van der Waals surface area contributed by atoms with E-state index in [4.69, 9.17) is 9.84 Å². The minimum atomic E-state index is -1.21. The van der Waals surface area contributed by atoms with Crippen LogP contribution in [0.25, 0.3) is 0 Å². The maximum Gasteiger partial charge on any atom is 0.331 e. The summed E-state index contributed by atoms with van der Waals surface area (Å²) in [5, 5.41) is 11.8. The Hall–Kier alpha value is -1.10. The van der Waals surface area contributed by atoms with Crippen molar-refractivity contribution in [2.75, 3.05) is 13.2 Å². The molecule has 5 heteroatoms. The molecular formula is C12H21NO4. The van der Waals surface area contributed by atoms with Crippen LogP contribution in [0.4, 0.5) is 0 Å². The van der Waals surface area contributed by atoms with Gasteiger partial charge in [-0.3, -0.25) is 4.79 Å². The van der Waals surface area contributed by atoms with E-state index in [0.29, 0.717) is 19.4 Å². The zero-order valence-corrected chi connectivity index (χ0v) is 10.5. The summed E-state index contributed by atoms with van der Waals surface area (Å²) in [6.45, 7) is 4.52. The van der Waals surface area contributed by atoms with Crippen LogP contribution in [0.5, 0.6) is 0 Å². The third-order valence-corrected chi connectivity index (χ3v) is 3.13. The molecule has 1 amide bonds. The number of carboxylic acids is 1. The second kappa shape index (κ2) is 6.00. The standard InChI is InChI=1S/C12H21NO4/c1-3-4-9(2)7-10(14)13-12(11(15)16)5-6-17-8-12/h9H,3-8H2,1-2H3,(H,13,14)(H,15,16). The molecule has 0 radical (unpaired) electrons. The monoisotopic (exact) mass is 243 g/mol. The first-order valence-electron chi connectivity index (χ1n) is 6.12. The molecule has 1 rings (SSSR count). The van der Waals surface area contributed by atoms with Gasteiger partial charge in [-0.2, -0.15) is 0 Å². The lowest BCUT2D eigenvalue weighted by atomic mass is 9.96. The summed E-state index contributed by atoms with van der Waals surface area (Å²) < 4.78 is 5.08. The van der Waals surface area contributed by atoms with Gasteiger partial charge in [0.05, 0.1) is 6.61 Å². The van der Waals surface area contributed by atoms with Gasteiger partial charge < -0.3 is 15.2 Å². The number of ether oxygens (including phenoxy) is 1. The Morgan fingerprint density at radius 2 is 2.24 bits per heavy atom. The van der Waals surface area contributed by atoms with Gasteiger partial charge >= 0.3 is 5.97 Å². The number of nitrogens with one attached hydrogen (secondary N) is 1. The Balaban J connectivity index is 2.51. The van der Waals surface area contributed by atoms with Crippen LogP contribution in [-0.2, 0) is 14.3 Å². The minimum Gasteiger partial charge on any atom is -0.479 e. The summed E-state index contributed by atoms with van der Waals surface area (Å²) in [6, 6.07) is 0. The van der Waals surface area contributed by atoms with E-state index in [2.05, 4.69) is 12.2 Å². The largest absolute Gasteiger partial charge is 0.479 e. The van der Waals surface area contributed by atoms with Crippen molar-refractivity contribution in [1.82, 2.24) is 5.32 Å². The van der Waals surface area contributed by atoms with Crippen molar-refractivity contribution in [3.05, 3.63) is 0 Å². The molecule has 98 valence electrons. The molecular weight excluding hydrogens is 222 g/mol. The van der Waals surface area contributed by atoms with Gasteiger partial charge in [-0.1, -0.05) is 26.7 Å². The molecule has 1 heterocycles. The quantitative estimate of drug-likeness (QED) is 0.734. The maximum absolute atomic E-state index is 11.8. The van der Waals surface area contributed by atoms with Gasteiger partial charge in [-0.05, 0) is 5.92 Å². The normalized spacial score (nSPS) is 25.5. The molecule has 2 atom stereocenters. The minimum absolute atomic E-state index is 0.0657. The highest BCUT2D eigenvalue weighted by Gasteiger charge is 2.43. The number of hydrogen-bond donors (Lipinski definition) is 2. The molecule has 0 aromatic rings. The highest BCUT2D eigenvalue weighted by molar-refractivity contribution is 5.87. The van der Waals surface area contributed by atoms with Crippen LogP contribution in [0.15, 0.2) is 0 Å². The van der Waals surface area contributed by atoms with Crippen molar-refractivity contribution >= 4 is 11.9 Å². The Kier molecular flexibility index (Phi) is 4.93. The van der Waals surface area contributed by atoms with Gasteiger partial charge in [0.15, 0.2) is 5.54 Å². The van der Waals surface area contributed by atoms with E-state index in [9.17, 15) is 9.59 Å². The van der Waals surface area contributed by atoms with Gasteiger partial charge in [0.1, 0.15) is 0 Å². The van der Waals surface area contributed by atoms with E-state index < -0.39 is 11.5 Å². The van der Waals surface area contributed by atoms with Crippen molar-refractivity contribution in [3.8, 4) is 0 Å². The summed E-state index contributed by atoms with van der Waals surface area (Å²) in [5.74, 6) is -0.918. The summed E-state index contributed by atoms with van der Waals surface area (Å²) in [7, 11) is 0. The summed E-state index contributed by atoms with van der Waals surface area (Å²) in [4.78, 5) is 22.9. The van der Waals surface area contributed by atoms with Crippen LogP contribution in [0, 0.1) is 5.92 Å². The molecule has 17 heavy (non-hydrogen) atoms. The highest BCUT2D eigenvalue weighted by Crippen LogP contribution is 2.20. The highest BCUT2D eigenvalue weighted by atomic mass is 16.5. The van der Waals surface area contributed by atoms with Crippen molar-refractivity contribution in [1.29, 1.82) is 0 Å². The fourth-order valence-corrected chi connectivity index (χ4v) is 2.11. The van der Waals surface area contributed by atoms with Crippen molar-refractivity contribution in [2.24, 2.45) is 5.92 Å². The average molecular weight is 243 g/mol. The van der Waals surface area contributed by atoms with E-state index in [0.717, 1.165) is 12.8 Å². The van der Waals surface area contributed by atoms with Gasteiger partial charge in [0, 0.05) is 19.4 Å². The molecule has 0 spiro atoms. The maximum atomic E-state index is 11.8. The van der Waals surface area contributed by atoms with Crippen molar-refractivity contribution in [2.45, 2.75) is 45.1 Å². The molecule has 2 N–H and O–H groups in total. The van der Waals surface area contributed by atoms with Crippen molar-refractivity contribution < 1.29 is 19.4 Å². The summed E-state index contributed by atoms with van der Waals surface area (Å²) in [5.41, 5.74) is -1.21. The van der Waals surface area contributed by atoms with Crippen LogP contribution in [0.1, 0.15) is 39.5 Å². The predicted molar refractivity (Wildman–Crippen MR) is 62.6 cm³/mol. The Bertz CT molecular complexity index is 284. The molecule has 1 aliphatic heterocycles. The second-order valence-electron chi connectivity index (χ2n) is 4.84. The third-order valence-electron chi connectivity index (χ3n) is 3.13. The molecule has 5 nitrogen and oxygen atoms in total. The van der Waals surface area contributed by atoms with E-state index >= 15 is 0 Å². The van der Waals surface area contributed by atoms with Crippen LogP contribution in [-0.4, -0.2) is 35.7 Å². The molecule has 0 saturated carbocycles. The molecule has 0 bridgehead atoms. The summed E-state index contributed by atoms with van der Waals surface area (Å²) >= 11 is 0. The SMILES string of the molecule is CCCC(C)CC(=O)NC1(C(=O)O)CCOC1. The first-order chi connectivity index (χ1) is 8.00. The zero-order valence-electron chi connectivity index (χ0n) is 10.5. The van der Waals surface area contributed by atoms with Crippen molar-refractivity contribution in [3.63, 3.8) is 0 Å². The number of rotatable bonds is 6. The molecule has 2 unspecified atom stereocenters. The number of aliphatic carboxylic acids is 1. The number of carbonyl (C=O) groups is 2. The first kappa shape index (κ1) is 14.0. The molecule has 0 aromatic carbocycles. The van der Waals surface area contributed by atoms with Gasteiger partial charge in [-0.15, -0.1) is 0 Å². The number of hydrogen-bond acceptors (Lipinski definition) is 3. The van der Waals surface area contributed by atoms with Gasteiger partial charge in [-0.25, -0.2) is 4.79 Å². The van der Waals surface area contributed by atoms with E-state index in [1.807, 2.05) is 6.92 Å². The van der Waals surface area contributed by atoms with Crippen LogP contribution in [0.2, 0.25) is 0 Å². The molecule has 1 saturated heterocycles. The number of carbonyl (C=O) groups excluding carboxylic acids is 1. The molecule has 0 aromatic heterocycles. The Labute approximate surface area is 102 Å². The number of carboxylic acid groups (broad SMARTS) is 1. The van der Waals surface area contributed by atoms with Crippen LogP contribution >= 0.6 is 0 Å². The third kappa shape index (κ3) is 3.70. The zero-order chi connectivity index (χ0) is 12.9. The van der Waals surface area contributed by atoms with Crippen LogP contribution in [0.3, 0.4) is 0 Å². The molecule has 1 aliphatic rings. The molecule has 0 aliphatic carbocycles. The topological polar surface area (TPSA) is 75.6 Å². The van der Waals surface area contributed by atoms with Gasteiger partial charge in [0.25, 0.3) is 0 Å².